The number of hydrogen-bond acceptors (Lipinski definition) is 3. The highest BCUT2D eigenvalue weighted by atomic mass is 16.2. The van der Waals surface area contributed by atoms with E-state index in [1.807, 2.05) is 0 Å². The number of hydrogen-bond donors (Lipinski definition) is 4. The zero-order valence-electron chi connectivity index (χ0n) is 20.5. The number of benzene rings is 2. The molecular formula is C27H39N7O. The van der Waals surface area contributed by atoms with E-state index in [1.54, 1.807) is 0 Å². The molecule has 0 radical (unpaired) electrons. The van der Waals surface area contributed by atoms with Crippen molar-refractivity contribution in [3.8, 4) is 0 Å². The van der Waals surface area contributed by atoms with Crippen LogP contribution >= 0.6 is 0 Å². The molecule has 1 heterocycles. The van der Waals surface area contributed by atoms with Gasteiger partial charge in [-0.1, -0.05) is 61.0 Å². The van der Waals surface area contributed by atoms with Gasteiger partial charge in [-0.2, -0.15) is 0 Å². The average Bonchev–Trinajstić information content (AvgIpc) is 2.84. The third kappa shape index (κ3) is 8.31. The summed E-state index contributed by atoms with van der Waals surface area (Å²) in [6.07, 6.45) is 10.4. The first-order chi connectivity index (χ1) is 16.9. The van der Waals surface area contributed by atoms with Crippen LogP contribution in [0.3, 0.4) is 0 Å². The van der Waals surface area contributed by atoms with Crippen molar-refractivity contribution in [2.45, 2.75) is 51.0 Å². The minimum atomic E-state index is -0.0937. The first-order valence-corrected chi connectivity index (χ1v) is 12.5. The summed E-state index contributed by atoms with van der Waals surface area (Å²) in [5.41, 5.74) is 22.9. The zero-order valence-corrected chi connectivity index (χ0v) is 20.5. The summed E-state index contributed by atoms with van der Waals surface area (Å²) in [5, 5.41) is 2.49. The Kier molecular flexibility index (Phi) is 9.95. The molecule has 0 aromatic heterocycles. The molecule has 0 bridgehead atoms. The van der Waals surface area contributed by atoms with E-state index in [1.165, 1.54) is 16.3 Å². The van der Waals surface area contributed by atoms with Crippen molar-refractivity contribution in [3.63, 3.8) is 0 Å². The molecule has 0 saturated heterocycles. The van der Waals surface area contributed by atoms with Gasteiger partial charge in [0.05, 0.1) is 12.0 Å². The molecule has 0 fully saturated rings. The standard InChI is InChI=1S/C27H39N7O/c28-26(29)32-16-4-3-8-22-13-15-24(34(25(22)35)18-6-5-17-33-27(30)31)14-11-20-10-12-21-7-1-2-9-23(21)19-20/h1-2,7,9-10,12-13,15,19,22,24H,3-6,8,11,14,16-18H2,(H4,28,29,32)(H4,30,31,33)/t22-,24-/m0/s1. The molecule has 35 heavy (non-hydrogen) atoms. The summed E-state index contributed by atoms with van der Waals surface area (Å²) in [7, 11) is 0. The van der Waals surface area contributed by atoms with Crippen LogP contribution in [0, 0.1) is 5.92 Å². The van der Waals surface area contributed by atoms with E-state index in [-0.39, 0.29) is 29.8 Å². The van der Waals surface area contributed by atoms with Crippen molar-refractivity contribution >= 4 is 28.6 Å². The molecule has 1 aliphatic heterocycles. The summed E-state index contributed by atoms with van der Waals surface area (Å²) in [4.78, 5) is 23.5. The maximum absolute atomic E-state index is 13.4. The van der Waals surface area contributed by atoms with Crippen LogP contribution in [0.1, 0.15) is 44.1 Å². The molecule has 2 aromatic rings. The van der Waals surface area contributed by atoms with Crippen LogP contribution in [0.15, 0.2) is 64.6 Å². The van der Waals surface area contributed by atoms with Gasteiger partial charge in [-0.05, 0) is 54.9 Å². The Labute approximate surface area is 208 Å². The van der Waals surface area contributed by atoms with E-state index < -0.39 is 0 Å². The maximum atomic E-state index is 13.4. The lowest BCUT2D eigenvalue weighted by Crippen LogP contribution is -2.46. The van der Waals surface area contributed by atoms with Gasteiger partial charge in [-0.25, -0.2) is 0 Å². The van der Waals surface area contributed by atoms with E-state index in [2.05, 4.69) is 69.5 Å². The second-order valence-corrected chi connectivity index (χ2v) is 9.13. The van der Waals surface area contributed by atoms with Crippen LogP contribution in [-0.4, -0.2) is 48.4 Å². The molecule has 0 unspecified atom stereocenters. The van der Waals surface area contributed by atoms with Gasteiger partial charge in [0.1, 0.15) is 0 Å². The number of rotatable bonds is 13. The average molecular weight is 478 g/mol. The number of aryl methyl sites for hydroxylation is 1. The largest absolute Gasteiger partial charge is 0.370 e. The Bertz CT molecular complexity index is 1050. The summed E-state index contributed by atoms with van der Waals surface area (Å²) in [6, 6.07) is 15.1. The topological polar surface area (TPSA) is 149 Å². The predicted octanol–water partition coefficient (Wildman–Crippen LogP) is 2.65. The summed E-state index contributed by atoms with van der Waals surface area (Å²) in [5.74, 6) is 0.333. The fourth-order valence-corrected chi connectivity index (χ4v) is 4.57. The number of fused-ring (bicyclic) bond motifs is 1. The third-order valence-corrected chi connectivity index (χ3v) is 6.43. The smallest absolute Gasteiger partial charge is 0.229 e. The van der Waals surface area contributed by atoms with E-state index in [9.17, 15) is 4.79 Å². The third-order valence-electron chi connectivity index (χ3n) is 6.43. The molecule has 0 saturated carbocycles. The van der Waals surface area contributed by atoms with Gasteiger partial charge in [0.15, 0.2) is 11.9 Å². The SMILES string of the molecule is NC(N)=NCCCC[C@H]1C=C[C@H](CCc2ccc3ccccc3c2)N(CCCCN=C(N)N)C1=O. The number of nitrogens with two attached hydrogens (primary N) is 4. The molecule has 188 valence electrons. The second-order valence-electron chi connectivity index (χ2n) is 9.13. The van der Waals surface area contributed by atoms with Crippen molar-refractivity contribution in [1.29, 1.82) is 0 Å². The molecule has 0 aliphatic carbocycles. The Morgan fingerprint density at radius 2 is 1.49 bits per heavy atom. The lowest BCUT2D eigenvalue weighted by atomic mass is 9.91. The predicted molar refractivity (Wildman–Crippen MR) is 145 cm³/mol. The number of carbonyl (C=O) groups is 1. The van der Waals surface area contributed by atoms with Crippen LogP contribution in [-0.2, 0) is 11.2 Å². The molecule has 8 heteroatoms. The van der Waals surface area contributed by atoms with Gasteiger partial charge in [0.2, 0.25) is 5.91 Å². The molecule has 1 amide bonds. The normalized spacial score (nSPS) is 17.5. The van der Waals surface area contributed by atoms with Crippen LogP contribution in [0.5, 0.6) is 0 Å². The summed E-state index contributed by atoms with van der Waals surface area (Å²) in [6.45, 7) is 1.88. The molecule has 1 aliphatic rings. The number of amides is 1. The van der Waals surface area contributed by atoms with E-state index in [4.69, 9.17) is 22.9 Å². The maximum Gasteiger partial charge on any atom is 0.229 e. The van der Waals surface area contributed by atoms with E-state index >= 15 is 0 Å². The minimum Gasteiger partial charge on any atom is -0.370 e. The lowest BCUT2D eigenvalue weighted by molar-refractivity contribution is -0.136. The van der Waals surface area contributed by atoms with Crippen LogP contribution < -0.4 is 22.9 Å². The number of unbranched alkanes of at least 4 members (excludes halogenated alkanes) is 2. The van der Waals surface area contributed by atoms with Gasteiger partial charge in [0, 0.05) is 19.6 Å². The monoisotopic (exact) mass is 477 g/mol. The summed E-state index contributed by atoms with van der Waals surface area (Å²) >= 11 is 0. The van der Waals surface area contributed by atoms with Crippen LogP contribution in [0.4, 0.5) is 0 Å². The molecule has 2 atom stereocenters. The number of carbonyl (C=O) groups excluding carboxylic acids is 1. The Morgan fingerprint density at radius 1 is 0.800 bits per heavy atom. The van der Waals surface area contributed by atoms with Crippen molar-refractivity contribution in [3.05, 3.63) is 60.2 Å². The molecular weight excluding hydrogens is 438 g/mol. The van der Waals surface area contributed by atoms with Crippen molar-refractivity contribution in [2.75, 3.05) is 19.6 Å². The van der Waals surface area contributed by atoms with Gasteiger partial charge >= 0.3 is 0 Å². The van der Waals surface area contributed by atoms with Gasteiger partial charge in [0.25, 0.3) is 0 Å². The fourth-order valence-electron chi connectivity index (χ4n) is 4.57. The van der Waals surface area contributed by atoms with Crippen LogP contribution in [0.25, 0.3) is 10.8 Å². The van der Waals surface area contributed by atoms with Crippen molar-refractivity contribution < 1.29 is 4.79 Å². The quantitative estimate of drug-likeness (QED) is 0.151. The highest BCUT2D eigenvalue weighted by molar-refractivity contribution is 5.83. The van der Waals surface area contributed by atoms with Gasteiger partial charge < -0.3 is 27.8 Å². The minimum absolute atomic E-state index is 0.0925. The Morgan fingerprint density at radius 3 is 2.20 bits per heavy atom. The number of aliphatic imine (C=N–C) groups is 2. The Hall–Kier alpha value is -3.55. The van der Waals surface area contributed by atoms with Gasteiger partial charge in [-0.3, -0.25) is 14.8 Å². The van der Waals surface area contributed by atoms with Crippen LogP contribution in [0.2, 0.25) is 0 Å². The summed E-state index contributed by atoms with van der Waals surface area (Å²) < 4.78 is 0. The second kappa shape index (κ2) is 13.4. The highest BCUT2D eigenvalue weighted by Gasteiger charge is 2.30. The molecule has 2 aromatic carbocycles. The highest BCUT2D eigenvalue weighted by Crippen LogP contribution is 2.25. The zero-order chi connectivity index (χ0) is 25.0. The van der Waals surface area contributed by atoms with E-state index in [0.717, 1.165) is 44.9 Å². The molecule has 8 nitrogen and oxygen atoms in total. The first kappa shape index (κ1) is 26.1. The number of guanidine groups is 2. The van der Waals surface area contributed by atoms with Gasteiger partial charge in [-0.15, -0.1) is 0 Å². The molecule has 0 spiro atoms. The Balaban J connectivity index is 1.61. The first-order valence-electron chi connectivity index (χ1n) is 12.5. The van der Waals surface area contributed by atoms with Crippen molar-refractivity contribution in [2.24, 2.45) is 38.8 Å². The van der Waals surface area contributed by atoms with Crippen molar-refractivity contribution in [1.82, 2.24) is 4.90 Å². The number of nitrogens with zero attached hydrogens (tertiary/aromatic N) is 3. The lowest BCUT2D eigenvalue weighted by Gasteiger charge is -2.36. The van der Waals surface area contributed by atoms with E-state index in [0.29, 0.717) is 19.6 Å². The molecule has 3 rings (SSSR count). The fraction of sp³-hybridized carbons (Fsp3) is 0.444. The molecule has 8 N–H and O–H groups in total.